The van der Waals surface area contributed by atoms with Gasteiger partial charge in [0.2, 0.25) is 5.88 Å². The number of nitrogens with two attached hydrogens (primary N) is 1. The molecular weight excluding hydrogens is 226 g/mol. The molecule has 1 aromatic carbocycles. The molecule has 0 saturated heterocycles. The molecule has 0 bridgehead atoms. The Labute approximate surface area is 98.0 Å². The number of nitrogen functional groups attached to an aromatic ring is 1. The maximum atomic E-state index is 6.09. The van der Waals surface area contributed by atoms with Gasteiger partial charge in [0.1, 0.15) is 5.69 Å². The number of hydrogen-bond donors (Lipinski definition) is 1. The first-order chi connectivity index (χ1) is 7.72. The first kappa shape index (κ1) is 10.7. The third-order valence-electron chi connectivity index (χ3n) is 2.11. The fourth-order valence-electron chi connectivity index (χ4n) is 1.38. The number of anilines is 1. The summed E-state index contributed by atoms with van der Waals surface area (Å²) in [6.07, 6.45) is 3.15. The quantitative estimate of drug-likeness (QED) is 0.812. The van der Waals surface area contributed by atoms with E-state index in [0.29, 0.717) is 22.3 Å². The lowest BCUT2D eigenvalue weighted by atomic mass is 10.1. The van der Waals surface area contributed by atoms with Gasteiger partial charge in [-0.2, -0.15) is 0 Å². The molecule has 5 heteroatoms. The Morgan fingerprint density at radius 3 is 2.69 bits per heavy atom. The maximum Gasteiger partial charge on any atom is 0.240 e. The van der Waals surface area contributed by atoms with Gasteiger partial charge >= 0.3 is 0 Å². The van der Waals surface area contributed by atoms with Crippen molar-refractivity contribution in [2.75, 3.05) is 12.8 Å². The molecule has 0 amide bonds. The predicted octanol–water partition coefficient (Wildman–Crippen LogP) is 2.39. The van der Waals surface area contributed by atoms with Gasteiger partial charge in [0, 0.05) is 23.6 Å². The molecule has 0 aliphatic heterocycles. The van der Waals surface area contributed by atoms with Crippen LogP contribution in [0.15, 0.2) is 30.6 Å². The van der Waals surface area contributed by atoms with E-state index in [-0.39, 0.29) is 0 Å². The molecule has 2 rings (SSSR count). The van der Waals surface area contributed by atoms with E-state index < -0.39 is 0 Å². The van der Waals surface area contributed by atoms with Crippen molar-refractivity contribution >= 4 is 17.3 Å². The van der Waals surface area contributed by atoms with Gasteiger partial charge in [-0.25, -0.2) is 9.97 Å². The van der Waals surface area contributed by atoms with Crippen molar-refractivity contribution < 1.29 is 4.74 Å². The van der Waals surface area contributed by atoms with Gasteiger partial charge in [0.05, 0.1) is 12.1 Å². The van der Waals surface area contributed by atoms with Crippen LogP contribution in [-0.4, -0.2) is 17.1 Å². The largest absolute Gasteiger partial charge is 0.479 e. The smallest absolute Gasteiger partial charge is 0.240 e. The molecule has 0 saturated carbocycles. The molecule has 82 valence electrons. The summed E-state index contributed by atoms with van der Waals surface area (Å²) in [6, 6.07) is 5.23. The summed E-state index contributed by atoms with van der Waals surface area (Å²) >= 11 is 6.09. The summed E-state index contributed by atoms with van der Waals surface area (Å²) in [6.45, 7) is 0. The van der Waals surface area contributed by atoms with E-state index in [1.54, 1.807) is 37.7 Å². The number of benzene rings is 1. The highest BCUT2D eigenvalue weighted by Crippen LogP contribution is 2.32. The van der Waals surface area contributed by atoms with Crippen molar-refractivity contribution in [3.8, 4) is 17.1 Å². The highest BCUT2D eigenvalue weighted by Gasteiger charge is 2.11. The van der Waals surface area contributed by atoms with Crippen LogP contribution in [0.5, 0.6) is 5.88 Å². The van der Waals surface area contributed by atoms with Gasteiger partial charge in [-0.15, -0.1) is 0 Å². The average molecular weight is 236 g/mol. The molecule has 2 aromatic rings. The van der Waals surface area contributed by atoms with Gasteiger partial charge in [0.25, 0.3) is 0 Å². The minimum atomic E-state index is 0.439. The molecule has 0 radical (unpaired) electrons. The molecular formula is C11H10ClN3O. The fourth-order valence-corrected chi connectivity index (χ4v) is 1.66. The van der Waals surface area contributed by atoms with E-state index in [0.717, 1.165) is 5.56 Å². The van der Waals surface area contributed by atoms with Crippen molar-refractivity contribution in [1.82, 2.24) is 9.97 Å². The van der Waals surface area contributed by atoms with Crippen LogP contribution >= 0.6 is 11.6 Å². The van der Waals surface area contributed by atoms with E-state index in [1.165, 1.54) is 0 Å². The van der Waals surface area contributed by atoms with E-state index in [1.807, 2.05) is 0 Å². The molecule has 1 heterocycles. The highest BCUT2D eigenvalue weighted by atomic mass is 35.5. The van der Waals surface area contributed by atoms with E-state index in [2.05, 4.69) is 9.97 Å². The summed E-state index contributed by atoms with van der Waals surface area (Å²) in [5.41, 5.74) is 7.59. The number of hydrogen-bond acceptors (Lipinski definition) is 4. The first-order valence-corrected chi connectivity index (χ1v) is 5.00. The molecule has 16 heavy (non-hydrogen) atoms. The standard InChI is InChI=1S/C11H10ClN3O/c1-16-11-10(14-4-5-15-11)8-3-2-7(13)6-9(8)12/h2-6H,13H2,1H3. The van der Waals surface area contributed by atoms with Crippen molar-refractivity contribution in [2.45, 2.75) is 0 Å². The zero-order valence-electron chi connectivity index (χ0n) is 8.64. The second-order valence-electron chi connectivity index (χ2n) is 3.15. The van der Waals surface area contributed by atoms with Crippen LogP contribution in [0.3, 0.4) is 0 Å². The van der Waals surface area contributed by atoms with Gasteiger partial charge in [-0.1, -0.05) is 11.6 Å². The Bertz CT molecular complexity index is 516. The number of aromatic nitrogens is 2. The minimum Gasteiger partial charge on any atom is -0.479 e. The van der Waals surface area contributed by atoms with Gasteiger partial charge in [-0.3, -0.25) is 0 Å². The number of ether oxygens (including phenoxy) is 1. The second-order valence-corrected chi connectivity index (χ2v) is 3.56. The number of rotatable bonds is 2. The number of methoxy groups -OCH3 is 1. The van der Waals surface area contributed by atoms with Gasteiger partial charge in [0.15, 0.2) is 0 Å². The SMILES string of the molecule is COc1nccnc1-c1ccc(N)cc1Cl. The summed E-state index contributed by atoms with van der Waals surface area (Å²) in [5.74, 6) is 0.439. The second kappa shape index (κ2) is 4.37. The molecule has 1 aromatic heterocycles. The number of nitrogens with zero attached hydrogens (tertiary/aromatic N) is 2. The monoisotopic (exact) mass is 235 g/mol. The minimum absolute atomic E-state index is 0.439. The van der Waals surface area contributed by atoms with Crippen LogP contribution in [0.25, 0.3) is 11.3 Å². The van der Waals surface area contributed by atoms with Crippen LogP contribution in [0.4, 0.5) is 5.69 Å². The molecule has 0 spiro atoms. The van der Waals surface area contributed by atoms with Crippen LogP contribution in [-0.2, 0) is 0 Å². The summed E-state index contributed by atoms with van der Waals surface area (Å²) in [7, 11) is 1.54. The molecule has 4 nitrogen and oxygen atoms in total. The molecule has 0 fully saturated rings. The Balaban J connectivity index is 2.58. The topological polar surface area (TPSA) is 61.0 Å². The Hall–Kier alpha value is -1.81. The predicted molar refractivity (Wildman–Crippen MR) is 63.4 cm³/mol. The molecule has 2 N–H and O–H groups in total. The van der Waals surface area contributed by atoms with Crippen molar-refractivity contribution in [3.05, 3.63) is 35.6 Å². The molecule has 0 unspecified atom stereocenters. The summed E-state index contributed by atoms with van der Waals surface area (Å²) < 4.78 is 5.12. The van der Waals surface area contributed by atoms with Crippen LogP contribution in [0.2, 0.25) is 5.02 Å². The lowest BCUT2D eigenvalue weighted by molar-refractivity contribution is 0.398. The lowest BCUT2D eigenvalue weighted by Crippen LogP contribution is -1.95. The van der Waals surface area contributed by atoms with Crippen LogP contribution in [0.1, 0.15) is 0 Å². The fraction of sp³-hybridized carbons (Fsp3) is 0.0909. The molecule has 0 aliphatic carbocycles. The third-order valence-corrected chi connectivity index (χ3v) is 2.42. The Kier molecular flexibility index (Phi) is 2.92. The molecule has 0 atom stereocenters. The average Bonchev–Trinajstić information content (AvgIpc) is 2.29. The van der Waals surface area contributed by atoms with Crippen molar-refractivity contribution in [2.24, 2.45) is 0 Å². The van der Waals surface area contributed by atoms with Crippen LogP contribution in [0, 0.1) is 0 Å². The normalized spacial score (nSPS) is 10.1. The summed E-state index contributed by atoms with van der Waals surface area (Å²) in [5, 5.41) is 0.527. The number of halogens is 1. The lowest BCUT2D eigenvalue weighted by Gasteiger charge is -2.07. The Morgan fingerprint density at radius 2 is 2.00 bits per heavy atom. The third kappa shape index (κ3) is 1.92. The zero-order chi connectivity index (χ0) is 11.5. The zero-order valence-corrected chi connectivity index (χ0v) is 9.40. The van der Waals surface area contributed by atoms with Crippen molar-refractivity contribution in [3.63, 3.8) is 0 Å². The van der Waals surface area contributed by atoms with Gasteiger partial charge < -0.3 is 10.5 Å². The van der Waals surface area contributed by atoms with E-state index in [9.17, 15) is 0 Å². The van der Waals surface area contributed by atoms with Crippen LogP contribution < -0.4 is 10.5 Å². The van der Waals surface area contributed by atoms with E-state index in [4.69, 9.17) is 22.1 Å². The molecule has 0 aliphatic rings. The van der Waals surface area contributed by atoms with Gasteiger partial charge in [-0.05, 0) is 18.2 Å². The first-order valence-electron chi connectivity index (χ1n) is 4.63. The maximum absolute atomic E-state index is 6.09. The Morgan fingerprint density at radius 1 is 1.25 bits per heavy atom. The highest BCUT2D eigenvalue weighted by molar-refractivity contribution is 6.33. The van der Waals surface area contributed by atoms with E-state index >= 15 is 0 Å². The summed E-state index contributed by atoms with van der Waals surface area (Å²) in [4.78, 5) is 8.26. The van der Waals surface area contributed by atoms with Crippen molar-refractivity contribution in [1.29, 1.82) is 0 Å².